The predicted molar refractivity (Wildman–Crippen MR) is 149 cm³/mol. The third-order valence-electron chi connectivity index (χ3n) is 7.32. The molecule has 0 aliphatic heterocycles. The highest BCUT2D eigenvalue weighted by molar-refractivity contribution is 7.15. The van der Waals surface area contributed by atoms with Gasteiger partial charge in [0, 0.05) is 24.1 Å². The molecule has 2 fully saturated rings. The minimum Gasteiger partial charge on any atom is -0.367 e. The van der Waals surface area contributed by atoms with E-state index in [1.54, 1.807) is 11.3 Å². The van der Waals surface area contributed by atoms with Gasteiger partial charge in [0.25, 0.3) is 0 Å². The Bertz CT molecular complexity index is 1320. The van der Waals surface area contributed by atoms with Gasteiger partial charge < -0.3 is 10.2 Å². The molecule has 2 aliphatic carbocycles. The molecule has 6 rings (SSSR count). The van der Waals surface area contributed by atoms with Crippen LogP contribution in [0.4, 0.5) is 16.5 Å². The van der Waals surface area contributed by atoms with Crippen LogP contribution in [-0.4, -0.2) is 43.4 Å². The van der Waals surface area contributed by atoms with Crippen molar-refractivity contribution >= 4 is 27.8 Å². The Morgan fingerprint density at radius 2 is 1.78 bits per heavy atom. The van der Waals surface area contributed by atoms with Crippen LogP contribution in [0.5, 0.6) is 0 Å². The quantitative estimate of drug-likeness (QED) is 0.253. The van der Waals surface area contributed by atoms with Gasteiger partial charge in [-0.05, 0) is 60.1 Å². The summed E-state index contributed by atoms with van der Waals surface area (Å²) in [4.78, 5) is 2.64. The highest BCUT2D eigenvalue weighted by atomic mass is 32.1. The van der Waals surface area contributed by atoms with Gasteiger partial charge in [-0.3, -0.25) is 0 Å². The first kappa shape index (κ1) is 24.0. The fraction of sp³-hybridized carbons (Fsp3) is 0.464. The summed E-state index contributed by atoms with van der Waals surface area (Å²) in [5, 5.41) is 29.5. The molecule has 0 spiro atoms. The largest absolute Gasteiger partial charge is 0.367 e. The maximum absolute atomic E-state index is 4.51. The van der Waals surface area contributed by atoms with Crippen LogP contribution < -0.4 is 10.2 Å². The summed E-state index contributed by atoms with van der Waals surface area (Å²) in [7, 11) is 0. The number of rotatable bonds is 9. The van der Waals surface area contributed by atoms with Gasteiger partial charge in [0.05, 0.1) is 11.4 Å². The summed E-state index contributed by atoms with van der Waals surface area (Å²) in [6.45, 7) is 5.65. The maximum atomic E-state index is 4.51. The lowest BCUT2D eigenvalue weighted by Gasteiger charge is -2.38. The number of aromatic amines is 1. The molecule has 2 aromatic heterocycles. The van der Waals surface area contributed by atoms with Crippen molar-refractivity contribution in [1.29, 1.82) is 0 Å². The van der Waals surface area contributed by atoms with Crippen LogP contribution in [-0.2, 0) is 0 Å². The van der Waals surface area contributed by atoms with Gasteiger partial charge in [-0.15, -0.1) is 20.4 Å². The smallest absolute Gasteiger partial charge is 0.210 e. The van der Waals surface area contributed by atoms with Crippen molar-refractivity contribution in [2.75, 3.05) is 16.8 Å². The SMILES string of the molecule is CC(C)CN(c1ccc(-c2ccccc2-c2nn[nH]n2)cc1Nc1nnc(C2CC2)s1)C1CCCCC1. The van der Waals surface area contributed by atoms with Crippen molar-refractivity contribution in [3.05, 3.63) is 47.5 Å². The molecule has 2 aromatic carbocycles. The minimum absolute atomic E-state index is 0.561. The van der Waals surface area contributed by atoms with Gasteiger partial charge in [0.15, 0.2) is 0 Å². The topological polar surface area (TPSA) is 95.5 Å². The van der Waals surface area contributed by atoms with Gasteiger partial charge in [0.2, 0.25) is 11.0 Å². The monoisotopic (exact) mass is 514 g/mol. The molecule has 2 heterocycles. The molecule has 0 atom stereocenters. The molecule has 2 N–H and O–H groups in total. The van der Waals surface area contributed by atoms with Crippen molar-refractivity contribution in [2.45, 2.75) is 70.8 Å². The van der Waals surface area contributed by atoms with E-state index >= 15 is 0 Å². The molecule has 0 saturated heterocycles. The van der Waals surface area contributed by atoms with Crippen LogP contribution in [0.1, 0.15) is 69.7 Å². The van der Waals surface area contributed by atoms with E-state index < -0.39 is 0 Å². The molecular weight excluding hydrogens is 480 g/mol. The van der Waals surface area contributed by atoms with Crippen molar-refractivity contribution in [3.8, 4) is 22.5 Å². The molecule has 2 saturated carbocycles. The van der Waals surface area contributed by atoms with Gasteiger partial charge in [-0.25, -0.2) is 0 Å². The third kappa shape index (κ3) is 5.37. The number of benzene rings is 2. The van der Waals surface area contributed by atoms with E-state index in [4.69, 9.17) is 0 Å². The zero-order chi connectivity index (χ0) is 25.2. The Hall–Kier alpha value is -3.33. The normalized spacial score (nSPS) is 16.3. The molecule has 0 radical (unpaired) electrons. The van der Waals surface area contributed by atoms with Gasteiger partial charge in [-0.1, -0.05) is 74.8 Å². The number of nitrogens with zero attached hydrogens (tertiary/aromatic N) is 6. The maximum Gasteiger partial charge on any atom is 0.210 e. The number of H-pyrrole nitrogens is 1. The molecule has 4 aromatic rings. The first-order valence-corrected chi connectivity index (χ1v) is 14.3. The van der Waals surface area contributed by atoms with Crippen LogP contribution in [0, 0.1) is 5.92 Å². The summed E-state index contributed by atoms with van der Waals surface area (Å²) in [6.07, 6.45) is 8.91. The van der Waals surface area contributed by atoms with E-state index in [2.05, 4.69) is 85.2 Å². The van der Waals surface area contributed by atoms with Gasteiger partial charge in [0.1, 0.15) is 5.01 Å². The minimum atomic E-state index is 0.561. The Kier molecular flexibility index (Phi) is 6.87. The summed E-state index contributed by atoms with van der Waals surface area (Å²) >= 11 is 1.69. The van der Waals surface area contributed by atoms with Crippen molar-refractivity contribution in [3.63, 3.8) is 0 Å². The Labute approximate surface area is 221 Å². The lowest BCUT2D eigenvalue weighted by molar-refractivity contribution is 0.401. The molecule has 2 aliphatic rings. The van der Waals surface area contributed by atoms with Crippen LogP contribution in [0.2, 0.25) is 0 Å². The highest BCUT2D eigenvalue weighted by Gasteiger charge is 2.28. The second-order valence-corrected chi connectivity index (χ2v) is 11.7. The standard InChI is InChI=1S/C28H34N8S/c1-18(2)17-36(21-8-4-3-5-9-21)25-15-14-20(22-10-6-7-11-23(22)26-30-34-35-31-26)16-24(25)29-28-33-32-27(37-28)19-12-13-19/h6-7,10-11,14-16,18-19,21H,3-5,8-9,12-13,17H2,1-2H3,(H,29,33)(H,30,31,34,35). The Morgan fingerprint density at radius 1 is 0.973 bits per heavy atom. The number of hydrogen-bond donors (Lipinski definition) is 2. The highest BCUT2D eigenvalue weighted by Crippen LogP contribution is 2.44. The molecule has 0 amide bonds. The van der Waals surface area contributed by atoms with E-state index in [-0.39, 0.29) is 0 Å². The van der Waals surface area contributed by atoms with Gasteiger partial charge >= 0.3 is 0 Å². The van der Waals surface area contributed by atoms with Crippen LogP contribution >= 0.6 is 11.3 Å². The van der Waals surface area contributed by atoms with Crippen LogP contribution in [0.15, 0.2) is 42.5 Å². The first-order chi connectivity index (χ1) is 18.2. The van der Waals surface area contributed by atoms with Gasteiger partial charge in [-0.2, -0.15) is 5.21 Å². The van der Waals surface area contributed by atoms with Crippen LogP contribution in [0.3, 0.4) is 0 Å². The second kappa shape index (κ2) is 10.6. The molecule has 0 unspecified atom stereocenters. The molecule has 8 nitrogen and oxygen atoms in total. The number of nitrogens with one attached hydrogen (secondary N) is 2. The zero-order valence-corrected chi connectivity index (χ0v) is 22.3. The fourth-order valence-corrected chi connectivity index (χ4v) is 6.31. The lowest BCUT2D eigenvalue weighted by atomic mass is 9.92. The third-order valence-corrected chi connectivity index (χ3v) is 8.32. The number of anilines is 3. The van der Waals surface area contributed by atoms with E-state index in [0.29, 0.717) is 23.7 Å². The summed E-state index contributed by atoms with van der Waals surface area (Å²) in [6, 6.07) is 15.6. The number of tetrazole rings is 1. The lowest BCUT2D eigenvalue weighted by Crippen LogP contribution is -2.39. The average Bonchev–Trinajstić information content (AvgIpc) is 3.42. The number of hydrogen-bond acceptors (Lipinski definition) is 8. The number of aromatic nitrogens is 6. The predicted octanol–water partition coefficient (Wildman–Crippen LogP) is 6.80. The van der Waals surface area contributed by atoms with E-state index in [1.807, 2.05) is 12.1 Å². The van der Waals surface area contributed by atoms with Crippen molar-refractivity contribution < 1.29 is 0 Å². The van der Waals surface area contributed by atoms with E-state index in [0.717, 1.165) is 39.1 Å². The average molecular weight is 515 g/mol. The van der Waals surface area contributed by atoms with E-state index in [1.165, 1.54) is 50.6 Å². The fourth-order valence-electron chi connectivity index (χ4n) is 5.39. The molecule has 192 valence electrons. The second-order valence-electron chi connectivity index (χ2n) is 10.7. The summed E-state index contributed by atoms with van der Waals surface area (Å²) in [5.74, 6) is 1.76. The van der Waals surface area contributed by atoms with E-state index in [9.17, 15) is 0 Å². The zero-order valence-electron chi connectivity index (χ0n) is 21.5. The van der Waals surface area contributed by atoms with Crippen LogP contribution in [0.25, 0.3) is 22.5 Å². The molecule has 9 heteroatoms. The molecular formula is C28H34N8S. The summed E-state index contributed by atoms with van der Waals surface area (Å²) in [5.41, 5.74) is 5.44. The molecule has 37 heavy (non-hydrogen) atoms. The van der Waals surface area contributed by atoms with Crippen molar-refractivity contribution in [2.24, 2.45) is 5.92 Å². The Morgan fingerprint density at radius 3 is 2.51 bits per heavy atom. The van der Waals surface area contributed by atoms with Crippen molar-refractivity contribution in [1.82, 2.24) is 30.8 Å². The Balaban J connectivity index is 1.42. The summed E-state index contributed by atoms with van der Waals surface area (Å²) < 4.78 is 0. The first-order valence-electron chi connectivity index (χ1n) is 13.5. The molecule has 0 bridgehead atoms.